The fourth-order valence-corrected chi connectivity index (χ4v) is 5.68. The molecule has 210 valence electrons. The van der Waals surface area contributed by atoms with E-state index in [1.54, 1.807) is 4.90 Å². The Labute approximate surface area is 216 Å². The summed E-state index contributed by atoms with van der Waals surface area (Å²) < 4.78 is 94.2. The highest BCUT2D eigenvalue weighted by Gasteiger charge is 2.37. The van der Waals surface area contributed by atoms with Crippen LogP contribution in [0.25, 0.3) is 11.3 Å². The minimum absolute atomic E-state index is 0.0442. The van der Waals surface area contributed by atoms with Crippen LogP contribution in [0.4, 0.5) is 22.0 Å². The number of nitrogens with zero attached hydrogens (tertiary/aromatic N) is 4. The van der Waals surface area contributed by atoms with Crippen molar-refractivity contribution >= 4 is 15.9 Å². The number of amides is 1. The van der Waals surface area contributed by atoms with E-state index in [0.717, 1.165) is 24.5 Å². The van der Waals surface area contributed by atoms with Crippen LogP contribution in [0, 0.1) is 0 Å². The van der Waals surface area contributed by atoms with Crippen molar-refractivity contribution in [1.29, 1.82) is 0 Å². The van der Waals surface area contributed by atoms with Gasteiger partial charge in [-0.05, 0) is 12.1 Å². The van der Waals surface area contributed by atoms with Crippen molar-refractivity contribution in [2.75, 3.05) is 32.4 Å². The van der Waals surface area contributed by atoms with Gasteiger partial charge >= 0.3 is 6.18 Å². The van der Waals surface area contributed by atoms with Gasteiger partial charge in [0.15, 0.2) is 0 Å². The number of β-amino-alcohol motifs (C(OH)–C–C–N with tert-alkyl or cyclic N) is 1. The standard InChI is InChI=1S/C23H28F5N5O4S/c1-38(36,37)32-7-4-19-17(13-32)20(14-2-3-18(23(26,27)28)16(10-14)21(29)35)30-33(19)12-15(34)11-31-8-5-22(24,25)6-9-31/h2-3,10,15,34H,4-9,11-13H2,1H3,(H2,29,35). The maximum atomic E-state index is 13.5. The Hall–Kier alpha value is -2.62. The zero-order chi connectivity index (χ0) is 28.0. The number of piperidine rings is 1. The molecular formula is C23H28F5N5O4S. The number of likely N-dealkylation sites (tertiary alicyclic amines) is 1. The van der Waals surface area contributed by atoms with Crippen LogP contribution in [0.1, 0.15) is 40.0 Å². The number of alkyl halides is 5. The van der Waals surface area contributed by atoms with Gasteiger partial charge in [-0.25, -0.2) is 17.2 Å². The van der Waals surface area contributed by atoms with Gasteiger partial charge in [-0.1, -0.05) is 6.07 Å². The van der Waals surface area contributed by atoms with Crippen molar-refractivity contribution in [2.24, 2.45) is 5.73 Å². The molecule has 1 atom stereocenters. The molecule has 38 heavy (non-hydrogen) atoms. The number of hydrogen-bond acceptors (Lipinski definition) is 6. The van der Waals surface area contributed by atoms with Crippen molar-refractivity contribution in [3.63, 3.8) is 0 Å². The lowest BCUT2D eigenvalue weighted by atomic mass is 9.97. The maximum absolute atomic E-state index is 13.5. The van der Waals surface area contributed by atoms with Crippen molar-refractivity contribution in [3.05, 3.63) is 40.6 Å². The van der Waals surface area contributed by atoms with E-state index in [2.05, 4.69) is 5.10 Å². The number of sulfonamides is 1. The molecule has 0 bridgehead atoms. The molecule has 1 unspecified atom stereocenters. The third-order valence-electron chi connectivity index (χ3n) is 6.87. The highest BCUT2D eigenvalue weighted by atomic mass is 32.2. The number of primary amides is 1. The third kappa shape index (κ3) is 6.16. The smallest absolute Gasteiger partial charge is 0.390 e. The summed E-state index contributed by atoms with van der Waals surface area (Å²) in [6, 6.07) is 2.83. The zero-order valence-corrected chi connectivity index (χ0v) is 21.3. The van der Waals surface area contributed by atoms with Crippen LogP contribution >= 0.6 is 0 Å². The van der Waals surface area contributed by atoms with Crippen LogP contribution in [-0.4, -0.2) is 82.9 Å². The van der Waals surface area contributed by atoms with E-state index >= 15 is 0 Å². The monoisotopic (exact) mass is 565 g/mol. The summed E-state index contributed by atoms with van der Waals surface area (Å²) in [5, 5.41) is 15.2. The molecule has 3 N–H and O–H groups in total. The number of aliphatic hydroxyl groups is 1. The second-order valence-corrected chi connectivity index (χ2v) is 11.7. The molecule has 2 aliphatic heterocycles. The first-order valence-corrected chi connectivity index (χ1v) is 13.7. The Morgan fingerprint density at radius 3 is 2.42 bits per heavy atom. The van der Waals surface area contributed by atoms with Gasteiger partial charge in [0.05, 0.1) is 35.7 Å². The van der Waals surface area contributed by atoms with E-state index in [-0.39, 0.29) is 69.8 Å². The van der Waals surface area contributed by atoms with E-state index in [1.807, 2.05) is 0 Å². The van der Waals surface area contributed by atoms with E-state index in [1.165, 1.54) is 8.99 Å². The Bertz CT molecular complexity index is 1320. The minimum Gasteiger partial charge on any atom is -0.390 e. The van der Waals surface area contributed by atoms with Gasteiger partial charge in [0, 0.05) is 68.8 Å². The molecule has 0 saturated carbocycles. The molecular weight excluding hydrogens is 537 g/mol. The summed E-state index contributed by atoms with van der Waals surface area (Å²) in [6.45, 7) is 0.342. The molecule has 9 nitrogen and oxygen atoms in total. The zero-order valence-electron chi connectivity index (χ0n) is 20.5. The van der Waals surface area contributed by atoms with Crippen LogP contribution in [0.5, 0.6) is 0 Å². The van der Waals surface area contributed by atoms with Gasteiger partial charge in [0.1, 0.15) is 0 Å². The second kappa shape index (κ2) is 10.2. The van der Waals surface area contributed by atoms with Crippen LogP contribution in [-0.2, 0) is 35.7 Å². The summed E-state index contributed by atoms with van der Waals surface area (Å²) in [5.41, 5.74) is 4.57. The van der Waals surface area contributed by atoms with Crippen LogP contribution < -0.4 is 5.73 Å². The molecule has 4 rings (SSSR count). The van der Waals surface area contributed by atoms with Crippen LogP contribution in [0.2, 0.25) is 0 Å². The largest absolute Gasteiger partial charge is 0.417 e. The topological polar surface area (TPSA) is 122 Å². The van der Waals surface area contributed by atoms with Gasteiger partial charge in [0.2, 0.25) is 15.9 Å². The number of carbonyl (C=O) groups excluding carboxylic acids is 1. The number of halogens is 5. The Morgan fingerprint density at radius 1 is 1.18 bits per heavy atom. The summed E-state index contributed by atoms with van der Waals surface area (Å²) in [4.78, 5) is 13.6. The van der Waals surface area contributed by atoms with Crippen LogP contribution in [0.15, 0.2) is 18.2 Å². The summed E-state index contributed by atoms with van der Waals surface area (Å²) in [7, 11) is -3.60. The summed E-state index contributed by atoms with van der Waals surface area (Å²) >= 11 is 0. The van der Waals surface area contributed by atoms with Crippen molar-refractivity contribution in [3.8, 4) is 11.3 Å². The highest BCUT2D eigenvalue weighted by Crippen LogP contribution is 2.37. The molecule has 2 aromatic rings. The number of rotatable bonds is 7. The van der Waals surface area contributed by atoms with E-state index in [0.29, 0.717) is 11.3 Å². The van der Waals surface area contributed by atoms with E-state index in [4.69, 9.17) is 5.73 Å². The maximum Gasteiger partial charge on any atom is 0.417 e. The number of carbonyl (C=O) groups is 1. The highest BCUT2D eigenvalue weighted by molar-refractivity contribution is 7.88. The predicted molar refractivity (Wildman–Crippen MR) is 127 cm³/mol. The number of nitrogens with two attached hydrogens (primary N) is 1. The lowest BCUT2D eigenvalue weighted by Gasteiger charge is -2.33. The molecule has 1 saturated heterocycles. The summed E-state index contributed by atoms with van der Waals surface area (Å²) in [6.07, 6.45) is -5.17. The van der Waals surface area contributed by atoms with Gasteiger partial charge in [-0.15, -0.1) is 0 Å². The Kier molecular flexibility index (Phi) is 7.60. The predicted octanol–water partition coefficient (Wildman–Crippen LogP) is 2.08. The molecule has 3 heterocycles. The molecule has 1 aromatic carbocycles. The molecule has 1 amide bonds. The molecule has 0 spiro atoms. The number of fused-ring (bicyclic) bond motifs is 1. The molecule has 0 radical (unpaired) electrons. The van der Waals surface area contributed by atoms with Gasteiger partial charge in [-0.2, -0.15) is 22.6 Å². The first kappa shape index (κ1) is 28.4. The number of hydrogen-bond donors (Lipinski definition) is 2. The SMILES string of the molecule is CS(=O)(=O)N1CCc2c(c(-c3ccc(C(F)(F)F)c(C(N)=O)c3)nn2CC(O)CN2CCC(F)(F)CC2)C1. The van der Waals surface area contributed by atoms with Gasteiger partial charge < -0.3 is 15.7 Å². The minimum atomic E-state index is -4.82. The number of aromatic nitrogens is 2. The fourth-order valence-electron chi connectivity index (χ4n) is 4.89. The lowest BCUT2D eigenvalue weighted by Crippen LogP contribution is -2.43. The molecule has 15 heteroatoms. The van der Waals surface area contributed by atoms with Crippen molar-refractivity contribution in [2.45, 2.75) is 50.6 Å². The normalized spacial score (nSPS) is 19.8. The molecule has 2 aliphatic rings. The summed E-state index contributed by atoms with van der Waals surface area (Å²) in [5.74, 6) is -4.01. The average molecular weight is 566 g/mol. The second-order valence-electron chi connectivity index (χ2n) is 9.74. The number of aliphatic hydroxyl groups excluding tert-OH is 1. The van der Waals surface area contributed by atoms with Gasteiger partial charge in [-0.3, -0.25) is 9.48 Å². The quantitative estimate of drug-likeness (QED) is 0.496. The molecule has 0 aliphatic carbocycles. The number of benzene rings is 1. The Balaban J connectivity index is 1.68. The molecule has 1 fully saturated rings. The first-order chi connectivity index (χ1) is 17.5. The fraction of sp³-hybridized carbons (Fsp3) is 0.565. The third-order valence-corrected chi connectivity index (χ3v) is 8.12. The van der Waals surface area contributed by atoms with E-state index < -0.39 is 45.3 Å². The van der Waals surface area contributed by atoms with Crippen LogP contribution in [0.3, 0.4) is 0 Å². The average Bonchev–Trinajstić information content (AvgIpc) is 3.16. The van der Waals surface area contributed by atoms with E-state index in [9.17, 15) is 40.3 Å². The first-order valence-electron chi connectivity index (χ1n) is 11.9. The van der Waals surface area contributed by atoms with Gasteiger partial charge in [0.25, 0.3) is 5.92 Å². The van der Waals surface area contributed by atoms with Crippen molar-refractivity contribution < 1.29 is 40.3 Å². The lowest BCUT2D eigenvalue weighted by molar-refractivity contribution is -0.137. The molecule has 1 aromatic heterocycles. The Morgan fingerprint density at radius 2 is 1.84 bits per heavy atom. The van der Waals surface area contributed by atoms with Crippen molar-refractivity contribution in [1.82, 2.24) is 19.0 Å².